The number of nitrogens with one attached hydrogen (secondary N) is 1. The molecule has 2 aromatic rings. The maximum Gasteiger partial charge on any atom is 0.340 e. The number of amides is 1. The molecule has 0 saturated heterocycles. The van der Waals surface area contributed by atoms with Crippen LogP contribution in [0.2, 0.25) is 0 Å². The van der Waals surface area contributed by atoms with Gasteiger partial charge in [-0.05, 0) is 51.0 Å². The van der Waals surface area contributed by atoms with Crippen molar-refractivity contribution in [2.75, 3.05) is 18.2 Å². The van der Waals surface area contributed by atoms with Crippen LogP contribution >= 0.6 is 0 Å². The molecular formula is C19H22N2O5S. The molecule has 3 rings (SSSR count). The van der Waals surface area contributed by atoms with Crippen LogP contribution in [0.5, 0.6) is 0 Å². The molecular weight excluding hydrogens is 368 g/mol. The highest BCUT2D eigenvalue weighted by Gasteiger charge is 2.28. The predicted molar refractivity (Wildman–Crippen MR) is 101 cm³/mol. The molecule has 1 saturated carbocycles. The Bertz CT molecular complexity index is 1000. The van der Waals surface area contributed by atoms with Crippen LogP contribution in [0.1, 0.15) is 40.6 Å². The van der Waals surface area contributed by atoms with E-state index in [4.69, 9.17) is 4.74 Å². The van der Waals surface area contributed by atoms with Gasteiger partial charge in [0.1, 0.15) is 0 Å². The summed E-state index contributed by atoms with van der Waals surface area (Å²) in [4.78, 5) is 24.5. The number of ether oxygens (including phenoxy) is 1. The summed E-state index contributed by atoms with van der Waals surface area (Å²) in [5, 5.41) is 2.53. The van der Waals surface area contributed by atoms with Crippen molar-refractivity contribution in [2.24, 2.45) is 0 Å². The van der Waals surface area contributed by atoms with E-state index < -0.39 is 28.3 Å². The fraction of sp³-hybridized carbons (Fsp3) is 0.368. The third kappa shape index (κ3) is 4.39. The van der Waals surface area contributed by atoms with Gasteiger partial charge in [-0.1, -0.05) is 6.07 Å². The first-order chi connectivity index (χ1) is 12.7. The maximum atomic E-state index is 12.3. The summed E-state index contributed by atoms with van der Waals surface area (Å²) in [6.45, 7) is 3.37. The molecule has 0 atom stereocenters. The van der Waals surface area contributed by atoms with Crippen LogP contribution in [-0.2, 0) is 19.4 Å². The van der Waals surface area contributed by atoms with Gasteiger partial charge in [-0.2, -0.15) is 0 Å². The molecule has 1 N–H and O–H groups in total. The topological polar surface area (TPSA) is 94.5 Å². The van der Waals surface area contributed by atoms with Crippen LogP contribution in [0.3, 0.4) is 0 Å². The number of sulfone groups is 1. The van der Waals surface area contributed by atoms with E-state index in [1.165, 1.54) is 18.2 Å². The van der Waals surface area contributed by atoms with Gasteiger partial charge in [0.25, 0.3) is 5.91 Å². The third-order valence-corrected chi connectivity index (χ3v) is 5.61. The fourth-order valence-corrected chi connectivity index (χ4v) is 3.76. The standard InChI is InChI=1S/C19H22N2O5S/c1-12-9-17(13(2)21(12)15-7-8-15)19(23)26-11-18(22)20-14-5-4-6-16(10-14)27(3,24)25/h4-6,9-10,15H,7-8,11H2,1-3H3,(H,20,22). The molecule has 0 bridgehead atoms. The second kappa shape index (κ2) is 7.19. The molecule has 0 radical (unpaired) electrons. The molecule has 1 aliphatic rings. The minimum atomic E-state index is -3.37. The molecule has 1 heterocycles. The molecule has 144 valence electrons. The van der Waals surface area contributed by atoms with Crippen LogP contribution in [0.25, 0.3) is 0 Å². The van der Waals surface area contributed by atoms with E-state index in [1.54, 1.807) is 12.1 Å². The molecule has 27 heavy (non-hydrogen) atoms. The summed E-state index contributed by atoms with van der Waals surface area (Å²) in [5.41, 5.74) is 2.64. The van der Waals surface area contributed by atoms with Crippen molar-refractivity contribution in [3.05, 3.63) is 47.3 Å². The van der Waals surface area contributed by atoms with Crippen molar-refractivity contribution < 1.29 is 22.7 Å². The number of aromatic nitrogens is 1. The zero-order chi connectivity index (χ0) is 19.8. The number of carbonyl (C=O) groups is 2. The first kappa shape index (κ1) is 19.2. The van der Waals surface area contributed by atoms with Crippen molar-refractivity contribution in [1.29, 1.82) is 0 Å². The normalized spacial score (nSPS) is 14.0. The molecule has 0 spiro atoms. The van der Waals surface area contributed by atoms with Crippen molar-refractivity contribution in [1.82, 2.24) is 4.57 Å². The molecule has 1 amide bonds. The fourth-order valence-electron chi connectivity index (χ4n) is 3.09. The Morgan fingerprint density at radius 3 is 2.56 bits per heavy atom. The number of carbonyl (C=O) groups excluding carboxylic acids is 2. The lowest BCUT2D eigenvalue weighted by molar-refractivity contribution is -0.119. The smallest absolute Gasteiger partial charge is 0.340 e. The van der Waals surface area contributed by atoms with Crippen molar-refractivity contribution in [3.8, 4) is 0 Å². The lowest BCUT2D eigenvalue weighted by Crippen LogP contribution is -2.21. The Balaban J connectivity index is 1.61. The number of rotatable bonds is 6. The van der Waals surface area contributed by atoms with Gasteiger partial charge >= 0.3 is 5.97 Å². The number of nitrogens with zero attached hydrogens (tertiary/aromatic N) is 1. The van der Waals surface area contributed by atoms with Crippen LogP contribution in [-0.4, -0.2) is 37.7 Å². The minimum Gasteiger partial charge on any atom is -0.452 e. The Morgan fingerprint density at radius 1 is 1.22 bits per heavy atom. The average Bonchev–Trinajstić information content (AvgIpc) is 3.37. The molecule has 1 aliphatic carbocycles. The van der Waals surface area contributed by atoms with Crippen molar-refractivity contribution in [3.63, 3.8) is 0 Å². The zero-order valence-electron chi connectivity index (χ0n) is 15.5. The maximum absolute atomic E-state index is 12.3. The number of hydrogen-bond donors (Lipinski definition) is 1. The van der Waals surface area contributed by atoms with E-state index in [9.17, 15) is 18.0 Å². The highest BCUT2D eigenvalue weighted by molar-refractivity contribution is 7.90. The molecule has 7 nitrogen and oxygen atoms in total. The van der Waals surface area contributed by atoms with E-state index in [2.05, 4.69) is 9.88 Å². The predicted octanol–water partition coefficient (Wildman–Crippen LogP) is 2.64. The summed E-state index contributed by atoms with van der Waals surface area (Å²) < 4.78 is 30.4. The highest BCUT2D eigenvalue weighted by Crippen LogP contribution is 2.38. The lowest BCUT2D eigenvalue weighted by atomic mass is 10.2. The van der Waals surface area contributed by atoms with E-state index in [1.807, 2.05) is 13.8 Å². The monoisotopic (exact) mass is 390 g/mol. The Hall–Kier alpha value is -2.61. The van der Waals surface area contributed by atoms with Crippen LogP contribution < -0.4 is 5.32 Å². The van der Waals surface area contributed by atoms with E-state index in [-0.39, 0.29) is 4.90 Å². The van der Waals surface area contributed by atoms with Crippen LogP contribution in [0.4, 0.5) is 5.69 Å². The van der Waals surface area contributed by atoms with E-state index in [0.29, 0.717) is 17.3 Å². The number of benzene rings is 1. The summed E-state index contributed by atoms with van der Waals surface area (Å²) in [5.74, 6) is -1.08. The van der Waals surface area contributed by atoms with Crippen LogP contribution in [0.15, 0.2) is 35.2 Å². The first-order valence-corrected chi connectivity index (χ1v) is 10.5. The largest absolute Gasteiger partial charge is 0.452 e. The van der Waals surface area contributed by atoms with Crippen molar-refractivity contribution >= 4 is 27.4 Å². The average molecular weight is 390 g/mol. The van der Waals surface area contributed by atoms with Gasteiger partial charge in [-0.25, -0.2) is 13.2 Å². The molecule has 0 unspecified atom stereocenters. The Labute approximate surface area is 158 Å². The second-order valence-electron chi connectivity index (χ2n) is 6.81. The number of anilines is 1. The zero-order valence-corrected chi connectivity index (χ0v) is 16.3. The van der Waals surface area contributed by atoms with Gasteiger partial charge in [0, 0.05) is 29.4 Å². The van der Waals surface area contributed by atoms with Gasteiger partial charge in [-0.3, -0.25) is 4.79 Å². The van der Waals surface area contributed by atoms with E-state index >= 15 is 0 Å². The Morgan fingerprint density at radius 2 is 1.93 bits per heavy atom. The molecule has 1 aromatic carbocycles. The Kier molecular flexibility index (Phi) is 5.10. The number of hydrogen-bond acceptors (Lipinski definition) is 5. The number of esters is 1. The molecule has 1 aromatic heterocycles. The summed E-state index contributed by atoms with van der Waals surface area (Å²) in [6.07, 6.45) is 3.31. The third-order valence-electron chi connectivity index (χ3n) is 4.50. The summed E-state index contributed by atoms with van der Waals surface area (Å²) in [6, 6.07) is 8.14. The van der Waals surface area contributed by atoms with Gasteiger partial charge in [0.2, 0.25) is 0 Å². The number of aryl methyl sites for hydroxylation is 1. The second-order valence-corrected chi connectivity index (χ2v) is 8.83. The lowest BCUT2D eigenvalue weighted by Gasteiger charge is -2.09. The van der Waals surface area contributed by atoms with Gasteiger partial charge in [0.15, 0.2) is 16.4 Å². The molecule has 0 aliphatic heterocycles. The van der Waals surface area contributed by atoms with Crippen LogP contribution in [0, 0.1) is 13.8 Å². The highest BCUT2D eigenvalue weighted by atomic mass is 32.2. The summed E-state index contributed by atoms with van der Waals surface area (Å²) in [7, 11) is -3.37. The quantitative estimate of drug-likeness (QED) is 0.765. The SMILES string of the molecule is Cc1cc(C(=O)OCC(=O)Nc2cccc(S(C)(=O)=O)c2)c(C)n1C1CC1. The van der Waals surface area contributed by atoms with Gasteiger partial charge in [0.05, 0.1) is 10.5 Å². The minimum absolute atomic E-state index is 0.102. The van der Waals surface area contributed by atoms with Crippen molar-refractivity contribution in [2.45, 2.75) is 37.6 Å². The van der Waals surface area contributed by atoms with Gasteiger partial charge in [-0.15, -0.1) is 0 Å². The molecule has 1 fully saturated rings. The van der Waals surface area contributed by atoms with Gasteiger partial charge < -0.3 is 14.6 Å². The van der Waals surface area contributed by atoms with E-state index in [0.717, 1.165) is 30.5 Å². The molecule has 8 heteroatoms. The first-order valence-electron chi connectivity index (χ1n) is 8.62. The summed E-state index contributed by atoms with van der Waals surface area (Å²) >= 11 is 0.